The Morgan fingerprint density at radius 1 is 1.43 bits per heavy atom. The summed E-state index contributed by atoms with van der Waals surface area (Å²) in [5, 5.41) is 0. The topological polar surface area (TPSA) is 81.4 Å². The van der Waals surface area contributed by atoms with Gasteiger partial charge in [-0.3, -0.25) is 0 Å². The molecule has 1 aromatic carbocycles. The summed E-state index contributed by atoms with van der Waals surface area (Å²) in [5.41, 5.74) is 6.05. The number of sulfonamides is 1. The highest BCUT2D eigenvalue weighted by molar-refractivity contribution is 9.11. The molecule has 0 aliphatic carbocycles. The van der Waals surface area contributed by atoms with Crippen molar-refractivity contribution in [1.29, 1.82) is 0 Å². The summed E-state index contributed by atoms with van der Waals surface area (Å²) in [7, 11) is -3.66. The van der Waals surface area contributed by atoms with E-state index in [0.29, 0.717) is 17.6 Å². The van der Waals surface area contributed by atoms with E-state index >= 15 is 0 Å². The number of nitrogens with one attached hydrogen (secondary N) is 1. The highest BCUT2D eigenvalue weighted by Gasteiger charge is 2.29. The van der Waals surface area contributed by atoms with Gasteiger partial charge in [0.15, 0.2) is 0 Å². The molecule has 0 bridgehead atoms. The van der Waals surface area contributed by atoms with E-state index < -0.39 is 10.0 Å². The third-order valence-electron chi connectivity index (χ3n) is 3.59. The Kier molecular flexibility index (Phi) is 5.70. The van der Waals surface area contributed by atoms with Gasteiger partial charge in [0.05, 0.1) is 11.8 Å². The minimum atomic E-state index is -3.66. The zero-order valence-electron chi connectivity index (χ0n) is 11.6. The molecule has 118 valence electrons. The molecule has 1 aromatic rings. The summed E-state index contributed by atoms with van der Waals surface area (Å²) >= 11 is 6.54. The van der Waals surface area contributed by atoms with E-state index in [2.05, 4.69) is 36.6 Å². The molecule has 0 spiro atoms. The van der Waals surface area contributed by atoms with Crippen LogP contribution in [0.15, 0.2) is 26.0 Å². The molecule has 8 heteroatoms. The second-order valence-electron chi connectivity index (χ2n) is 5.02. The molecule has 0 amide bonds. The van der Waals surface area contributed by atoms with Gasteiger partial charge in [-0.05, 0) is 40.9 Å². The number of anilines is 1. The van der Waals surface area contributed by atoms with Crippen LogP contribution in [-0.4, -0.2) is 27.7 Å². The van der Waals surface area contributed by atoms with E-state index in [4.69, 9.17) is 10.5 Å². The maximum Gasteiger partial charge on any atom is 0.243 e. The van der Waals surface area contributed by atoms with E-state index in [1.165, 1.54) is 0 Å². The maximum absolute atomic E-state index is 12.5. The van der Waals surface area contributed by atoms with Gasteiger partial charge in [-0.15, -0.1) is 0 Å². The summed E-state index contributed by atoms with van der Waals surface area (Å²) in [6.07, 6.45) is 1.88. The molecule has 1 aliphatic heterocycles. The quantitative estimate of drug-likeness (QED) is 0.688. The average Bonchev–Trinajstić information content (AvgIpc) is 2.82. The van der Waals surface area contributed by atoms with Gasteiger partial charge >= 0.3 is 0 Å². The molecule has 21 heavy (non-hydrogen) atoms. The van der Waals surface area contributed by atoms with Gasteiger partial charge in [0.1, 0.15) is 4.90 Å². The Labute approximate surface area is 141 Å². The number of rotatable bonds is 5. The summed E-state index contributed by atoms with van der Waals surface area (Å²) < 4.78 is 34.3. The molecule has 2 unspecified atom stereocenters. The normalized spacial score (nSPS) is 22.6. The van der Waals surface area contributed by atoms with Crippen LogP contribution in [0.4, 0.5) is 5.69 Å². The number of nitrogen functional groups attached to an aromatic ring is 1. The van der Waals surface area contributed by atoms with Crippen molar-refractivity contribution in [2.24, 2.45) is 5.92 Å². The van der Waals surface area contributed by atoms with Crippen LogP contribution in [-0.2, 0) is 14.8 Å². The van der Waals surface area contributed by atoms with Crippen molar-refractivity contribution in [2.75, 3.05) is 18.9 Å². The molecule has 3 N–H and O–H groups in total. The van der Waals surface area contributed by atoms with Gasteiger partial charge in [0.2, 0.25) is 10.0 Å². The maximum atomic E-state index is 12.5. The van der Waals surface area contributed by atoms with Crippen LogP contribution in [0.2, 0.25) is 0 Å². The van der Waals surface area contributed by atoms with Crippen LogP contribution in [0.5, 0.6) is 0 Å². The number of halogens is 2. The number of nitrogens with two attached hydrogens (primary N) is 1. The van der Waals surface area contributed by atoms with Gasteiger partial charge in [0, 0.05) is 28.0 Å². The minimum absolute atomic E-state index is 0.0812. The summed E-state index contributed by atoms with van der Waals surface area (Å²) in [6, 6.07) is 3.24. The van der Waals surface area contributed by atoms with Gasteiger partial charge in [-0.2, -0.15) is 0 Å². The fourth-order valence-electron chi connectivity index (χ4n) is 2.53. The highest BCUT2D eigenvalue weighted by Crippen LogP contribution is 2.32. The van der Waals surface area contributed by atoms with Gasteiger partial charge in [0.25, 0.3) is 0 Å². The summed E-state index contributed by atoms with van der Waals surface area (Å²) in [5.74, 6) is 0.209. The van der Waals surface area contributed by atoms with Crippen LogP contribution in [0.25, 0.3) is 0 Å². The average molecular weight is 442 g/mol. The van der Waals surface area contributed by atoms with E-state index in [1.807, 2.05) is 6.92 Å². The highest BCUT2D eigenvalue weighted by atomic mass is 79.9. The van der Waals surface area contributed by atoms with Crippen molar-refractivity contribution < 1.29 is 13.2 Å². The Balaban J connectivity index is 2.16. The summed E-state index contributed by atoms with van der Waals surface area (Å²) in [6.45, 7) is 3.10. The standard InChI is InChI=1S/C13H18Br2N2O3S/c1-2-12-8(3-4-20-12)7-17-21(18,19)13-10(15)5-9(14)6-11(13)16/h5-6,8,12,17H,2-4,7,16H2,1H3. The monoisotopic (exact) mass is 440 g/mol. The van der Waals surface area contributed by atoms with Gasteiger partial charge in [-0.25, -0.2) is 13.1 Å². The molecule has 0 aromatic heterocycles. The lowest BCUT2D eigenvalue weighted by atomic mass is 10.0. The number of hydrogen-bond donors (Lipinski definition) is 2. The first kappa shape index (κ1) is 17.2. The fraction of sp³-hybridized carbons (Fsp3) is 0.538. The Morgan fingerprint density at radius 3 is 2.76 bits per heavy atom. The molecule has 0 radical (unpaired) electrons. The zero-order valence-corrected chi connectivity index (χ0v) is 15.6. The van der Waals surface area contributed by atoms with Crippen molar-refractivity contribution in [2.45, 2.75) is 30.8 Å². The molecule has 1 saturated heterocycles. The molecule has 1 heterocycles. The van der Waals surface area contributed by atoms with E-state index in [1.54, 1.807) is 12.1 Å². The largest absolute Gasteiger partial charge is 0.398 e. The first-order chi connectivity index (χ1) is 9.85. The van der Waals surface area contributed by atoms with Gasteiger partial charge < -0.3 is 10.5 Å². The number of hydrogen-bond acceptors (Lipinski definition) is 4. The lowest BCUT2D eigenvalue weighted by molar-refractivity contribution is 0.0884. The Hall–Kier alpha value is -0.150. The van der Waals surface area contributed by atoms with Crippen LogP contribution >= 0.6 is 31.9 Å². The van der Waals surface area contributed by atoms with Crippen molar-refractivity contribution in [1.82, 2.24) is 4.72 Å². The van der Waals surface area contributed by atoms with E-state index in [-0.39, 0.29) is 22.6 Å². The first-order valence-electron chi connectivity index (χ1n) is 6.71. The lowest BCUT2D eigenvalue weighted by Gasteiger charge is -2.18. The van der Waals surface area contributed by atoms with Crippen LogP contribution < -0.4 is 10.5 Å². The van der Waals surface area contributed by atoms with Gasteiger partial charge in [-0.1, -0.05) is 22.9 Å². The lowest BCUT2D eigenvalue weighted by Crippen LogP contribution is -2.33. The van der Waals surface area contributed by atoms with E-state index in [0.717, 1.165) is 17.3 Å². The molecular weight excluding hydrogens is 424 g/mol. The fourth-order valence-corrected chi connectivity index (χ4v) is 5.69. The van der Waals surface area contributed by atoms with Crippen molar-refractivity contribution in [3.05, 3.63) is 21.1 Å². The molecular formula is C13H18Br2N2O3S. The molecule has 1 fully saturated rings. The van der Waals surface area contributed by atoms with E-state index in [9.17, 15) is 8.42 Å². The molecule has 2 atom stereocenters. The zero-order chi connectivity index (χ0) is 15.6. The van der Waals surface area contributed by atoms with Crippen molar-refractivity contribution in [3.8, 4) is 0 Å². The third kappa shape index (κ3) is 3.98. The molecule has 0 saturated carbocycles. The second kappa shape index (κ2) is 6.95. The predicted molar refractivity (Wildman–Crippen MR) is 89.6 cm³/mol. The Morgan fingerprint density at radius 2 is 2.14 bits per heavy atom. The van der Waals surface area contributed by atoms with Crippen molar-refractivity contribution in [3.63, 3.8) is 0 Å². The van der Waals surface area contributed by atoms with Crippen LogP contribution in [0, 0.1) is 5.92 Å². The smallest absolute Gasteiger partial charge is 0.243 e. The molecule has 1 aliphatic rings. The summed E-state index contributed by atoms with van der Waals surface area (Å²) in [4.78, 5) is 0.0812. The van der Waals surface area contributed by atoms with Crippen molar-refractivity contribution >= 4 is 47.6 Å². The first-order valence-corrected chi connectivity index (χ1v) is 9.78. The minimum Gasteiger partial charge on any atom is -0.398 e. The SMILES string of the molecule is CCC1OCCC1CNS(=O)(=O)c1c(N)cc(Br)cc1Br. The third-order valence-corrected chi connectivity index (χ3v) is 6.48. The number of benzene rings is 1. The van der Waals surface area contributed by atoms with Crippen LogP contribution in [0.1, 0.15) is 19.8 Å². The Bertz CT molecular complexity index is 599. The molecule has 5 nitrogen and oxygen atoms in total. The second-order valence-corrected chi connectivity index (χ2v) is 8.50. The molecule has 2 rings (SSSR count). The van der Waals surface area contributed by atoms with Crippen LogP contribution in [0.3, 0.4) is 0 Å². The number of ether oxygens (including phenoxy) is 1. The predicted octanol–water partition coefficient (Wildman–Crippen LogP) is 2.89.